The van der Waals surface area contributed by atoms with Crippen molar-refractivity contribution in [3.63, 3.8) is 0 Å². The van der Waals surface area contributed by atoms with Crippen molar-refractivity contribution in [2.75, 3.05) is 7.11 Å². The Labute approximate surface area is 168 Å². The van der Waals surface area contributed by atoms with Crippen molar-refractivity contribution in [1.29, 1.82) is 0 Å². The molecule has 1 N–H and O–H groups in total. The zero-order valence-corrected chi connectivity index (χ0v) is 16.0. The van der Waals surface area contributed by atoms with Crippen LogP contribution in [0.1, 0.15) is 11.1 Å². The fourth-order valence-electron chi connectivity index (χ4n) is 3.17. The Morgan fingerprint density at radius 1 is 0.893 bits per heavy atom. The third-order valence-electron chi connectivity index (χ3n) is 4.56. The molecule has 0 radical (unpaired) electrons. The molecule has 28 heavy (non-hydrogen) atoms. The standard InChI is InChI=1S/C24H18ClNO2/c1-28-20-13-9-16-10-14-22(27)23(21(16)15-20)24(17-7-11-18(25)12-8-17)26-19-5-3-2-4-6-19/h2-15,27H,1H3. The van der Waals surface area contributed by atoms with E-state index >= 15 is 0 Å². The average Bonchev–Trinajstić information content (AvgIpc) is 2.73. The van der Waals surface area contributed by atoms with E-state index in [0.717, 1.165) is 27.8 Å². The number of aliphatic imine (C=N–C) groups is 1. The van der Waals surface area contributed by atoms with Crippen molar-refractivity contribution in [3.05, 3.63) is 101 Å². The highest BCUT2D eigenvalue weighted by Gasteiger charge is 2.17. The van der Waals surface area contributed by atoms with Crippen LogP contribution in [0, 0.1) is 0 Å². The normalized spacial score (nSPS) is 11.6. The maximum Gasteiger partial charge on any atom is 0.125 e. The second-order valence-corrected chi connectivity index (χ2v) is 6.79. The van der Waals surface area contributed by atoms with Crippen LogP contribution in [0.25, 0.3) is 10.8 Å². The van der Waals surface area contributed by atoms with E-state index in [1.807, 2.05) is 78.9 Å². The lowest BCUT2D eigenvalue weighted by Gasteiger charge is -2.14. The number of ether oxygens (including phenoxy) is 1. The first-order chi connectivity index (χ1) is 13.7. The molecule has 4 rings (SSSR count). The number of para-hydroxylation sites is 1. The van der Waals surface area contributed by atoms with Gasteiger partial charge in [-0.25, -0.2) is 4.99 Å². The fraction of sp³-hybridized carbons (Fsp3) is 0.0417. The zero-order valence-electron chi connectivity index (χ0n) is 15.3. The van der Waals surface area contributed by atoms with E-state index in [-0.39, 0.29) is 5.75 Å². The van der Waals surface area contributed by atoms with Crippen molar-refractivity contribution in [3.8, 4) is 11.5 Å². The highest BCUT2D eigenvalue weighted by molar-refractivity contribution is 6.31. The second-order valence-electron chi connectivity index (χ2n) is 6.35. The van der Waals surface area contributed by atoms with Gasteiger partial charge in [0.15, 0.2) is 0 Å². The number of hydrogen-bond donors (Lipinski definition) is 1. The lowest BCUT2D eigenvalue weighted by molar-refractivity contribution is 0.415. The van der Waals surface area contributed by atoms with Gasteiger partial charge in [-0.2, -0.15) is 0 Å². The molecule has 0 aliphatic heterocycles. The van der Waals surface area contributed by atoms with Gasteiger partial charge in [0.2, 0.25) is 0 Å². The van der Waals surface area contributed by atoms with E-state index in [1.165, 1.54) is 0 Å². The van der Waals surface area contributed by atoms with Gasteiger partial charge >= 0.3 is 0 Å². The Bertz CT molecular complexity index is 1150. The molecule has 0 atom stereocenters. The van der Waals surface area contributed by atoms with Gasteiger partial charge in [0.1, 0.15) is 11.5 Å². The van der Waals surface area contributed by atoms with Crippen LogP contribution in [0.5, 0.6) is 11.5 Å². The summed E-state index contributed by atoms with van der Waals surface area (Å²) in [4.78, 5) is 4.87. The molecule has 0 amide bonds. The summed E-state index contributed by atoms with van der Waals surface area (Å²) in [6.07, 6.45) is 0. The third-order valence-corrected chi connectivity index (χ3v) is 4.81. The molecule has 0 unspecified atom stereocenters. The van der Waals surface area contributed by atoms with E-state index in [0.29, 0.717) is 16.3 Å². The quantitative estimate of drug-likeness (QED) is 0.413. The molecular formula is C24H18ClNO2. The first-order valence-electron chi connectivity index (χ1n) is 8.85. The third kappa shape index (κ3) is 3.57. The van der Waals surface area contributed by atoms with Crippen molar-refractivity contribution in [1.82, 2.24) is 0 Å². The van der Waals surface area contributed by atoms with Gasteiger partial charge in [0.05, 0.1) is 24.1 Å². The average molecular weight is 388 g/mol. The molecule has 0 fully saturated rings. The number of halogens is 1. The molecule has 0 heterocycles. The Morgan fingerprint density at radius 2 is 1.61 bits per heavy atom. The van der Waals surface area contributed by atoms with Gasteiger partial charge in [-0.3, -0.25) is 0 Å². The first-order valence-corrected chi connectivity index (χ1v) is 9.23. The SMILES string of the molecule is COc1ccc2ccc(O)c(C(=Nc3ccccc3)c3ccc(Cl)cc3)c2c1. The maximum atomic E-state index is 10.8. The predicted octanol–water partition coefficient (Wildman–Crippen LogP) is 6.38. The molecule has 0 aliphatic carbocycles. The van der Waals surface area contributed by atoms with E-state index in [2.05, 4.69) is 0 Å². The largest absolute Gasteiger partial charge is 0.507 e. The Balaban J connectivity index is 2.03. The zero-order chi connectivity index (χ0) is 19.5. The maximum absolute atomic E-state index is 10.8. The van der Waals surface area contributed by atoms with E-state index in [4.69, 9.17) is 21.3 Å². The summed E-state index contributed by atoms with van der Waals surface area (Å²) in [7, 11) is 1.63. The first kappa shape index (κ1) is 18.1. The van der Waals surface area contributed by atoms with Gasteiger partial charge in [-0.1, -0.05) is 54.1 Å². The van der Waals surface area contributed by atoms with Crippen molar-refractivity contribution in [2.45, 2.75) is 0 Å². The fourth-order valence-corrected chi connectivity index (χ4v) is 3.29. The number of phenolic OH excluding ortho intramolecular Hbond substituents is 1. The Kier molecular flexibility index (Phi) is 5.00. The Hall–Kier alpha value is -3.30. The summed E-state index contributed by atoms with van der Waals surface area (Å²) >= 11 is 6.08. The van der Waals surface area contributed by atoms with E-state index < -0.39 is 0 Å². The number of nitrogens with zero attached hydrogens (tertiary/aromatic N) is 1. The molecule has 4 aromatic carbocycles. The number of phenols is 1. The molecule has 4 heteroatoms. The van der Waals surface area contributed by atoms with Crippen LogP contribution in [0.4, 0.5) is 5.69 Å². The predicted molar refractivity (Wildman–Crippen MR) is 115 cm³/mol. The van der Waals surface area contributed by atoms with Crippen LogP contribution in [0.15, 0.2) is 89.9 Å². The smallest absolute Gasteiger partial charge is 0.125 e. The number of rotatable bonds is 4. The van der Waals surface area contributed by atoms with Gasteiger partial charge in [-0.05, 0) is 53.2 Å². The van der Waals surface area contributed by atoms with E-state index in [1.54, 1.807) is 13.2 Å². The second kappa shape index (κ2) is 7.75. The van der Waals surface area contributed by atoms with Crippen LogP contribution in [0.2, 0.25) is 5.02 Å². The van der Waals surface area contributed by atoms with Gasteiger partial charge in [-0.15, -0.1) is 0 Å². The molecular weight excluding hydrogens is 370 g/mol. The lowest BCUT2D eigenvalue weighted by atomic mass is 9.95. The molecule has 0 aliphatic rings. The Morgan fingerprint density at radius 3 is 2.32 bits per heavy atom. The minimum Gasteiger partial charge on any atom is -0.507 e. The van der Waals surface area contributed by atoms with Gasteiger partial charge < -0.3 is 9.84 Å². The number of hydrogen-bond acceptors (Lipinski definition) is 3. The lowest BCUT2D eigenvalue weighted by Crippen LogP contribution is -2.05. The number of methoxy groups -OCH3 is 1. The summed E-state index contributed by atoms with van der Waals surface area (Å²) in [6, 6.07) is 26.5. The van der Waals surface area contributed by atoms with Crippen molar-refractivity contribution in [2.24, 2.45) is 4.99 Å². The summed E-state index contributed by atoms with van der Waals surface area (Å²) in [5.41, 5.74) is 2.98. The van der Waals surface area contributed by atoms with Crippen LogP contribution in [0.3, 0.4) is 0 Å². The van der Waals surface area contributed by atoms with Crippen LogP contribution in [-0.4, -0.2) is 17.9 Å². The van der Waals surface area contributed by atoms with Crippen molar-refractivity contribution >= 4 is 33.8 Å². The highest BCUT2D eigenvalue weighted by Crippen LogP contribution is 2.33. The van der Waals surface area contributed by atoms with Crippen molar-refractivity contribution < 1.29 is 9.84 Å². The van der Waals surface area contributed by atoms with Gasteiger partial charge in [0.25, 0.3) is 0 Å². The molecule has 0 bridgehead atoms. The summed E-state index contributed by atoms with van der Waals surface area (Å²) in [5, 5.41) is 13.3. The monoisotopic (exact) mass is 387 g/mol. The molecule has 138 valence electrons. The molecule has 3 nitrogen and oxygen atoms in total. The molecule has 0 saturated heterocycles. The van der Waals surface area contributed by atoms with Crippen LogP contribution < -0.4 is 4.74 Å². The molecule has 0 aromatic heterocycles. The summed E-state index contributed by atoms with van der Waals surface area (Å²) in [5.74, 6) is 0.875. The van der Waals surface area contributed by atoms with Gasteiger partial charge in [0, 0.05) is 10.6 Å². The number of aromatic hydroxyl groups is 1. The summed E-state index contributed by atoms with van der Waals surface area (Å²) in [6.45, 7) is 0. The molecule has 0 spiro atoms. The highest BCUT2D eigenvalue weighted by atomic mass is 35.5. The molecule has 0 saturated carbocycles. The minimum absolute atomic E-state index is 0.158. The van der Waals surface area contributed by atoms with Crippen LogP contribution >= 0.6 is 11.6 Å². The van der Waals surface area contributed by atoms with E-state index in [9.17, 15) is 5.11 Å². The minimum atomic E-state index is 0.158. The van der Waals surface area contributed by atoms with Crippen LogP contribution in [-0.2, 0) is 0 Å². The number of fused-ring (bicyclic) bond motifs is 1. The number of benzene rings is 4. The topological polar surface area (TPSA) is 41.8 Å². The molecule has 4 aromatic rings. The summed E-state index contributed by atoms with van der Waals surface area (Å²) < 4.78 is 5.40.